The molecule has 186 valence electrons. The number of hydrogen-bond donors (Lipinski definition) is 1. The first-order valence-electron chi connectivity index (χ1n) is 10.8. The molecule has 0 radical (unpaired) electrons. The minimum absolute atomic E-state index is 0.00105. The normalized spacial score (nSPS) is 11.6. The van der Waals surface area contributed by atoms with Gasteiger partial charge in [0.25, 0.3) is 15.9 Å². The molecule has 2 aromatic carbocycles. The Hall–Kier alpha value is -3.63. The number of anilines is 1. The maximum Gasteiger partial charge on any atom is 0.269 e. The Bertz CT molecular complexity index is 1340. The molecule has 3 rings (SSSR count). The molecule has 9 nitrogen and oxygen atoms in total. The number of hydrogen-bond acceptors (Lipinski definition) is 6. The van der Waals surface area contributed by atoms with Crippen molar-refractivity contribution in [3.63, 3.8) is 0 Å². The number of ether oxygens (including phenoxy) is 2. The maximum atomic E-state index is 13.4. The number of rotatable bonds is 9. The van der Waals surface area contributed by atoms with E-state index in [0.717, 1.165) is 20.7 Å². The lowest BCUT2D eigenvalue weighted by Crippen LogP contribution is -2.16. The number of benzene rings is 2. The molecule has 0 spiro atoms. The molecule has 0 aliphatic carbocycles. The van der Waals surface area contributed by atoms with Gasteiger partial charge >= 0.3 is 0 Å². The zero-order valence-corrected chi connectivity index (χ0v) is 21.5. The molecule has 0 unspecified atom stereocenters. The molecule has 10 heteroatoms. The molecule has 1 aromatic heterocycles. The first-order valence-corrected chi connectivity index (χ1v) is 12.3. The second-order valence-corrected chi connectivity index (χ2v) is 10.1. The number of aromatic nitrogens is 1. The van der Waals surface area contributed by atoms with E-state index in [1.165, 1.54) is 37.8 Å². The largest absolute Gasteiger partial charge is 0.467 e. The molecule has 0 atom stereocenters. The van der Waals surface area contributed by atoms with Crippen LogP contribution < -0.4 is 10.1 Å². The van der Waals surface area contributed by atoms with E-state index in [1.807, 2.05) is 26.8 Å². The van der Waals surface area contributed by atoms with Gasteiger partial charge < -0.3 is 19.7 Å². The van der Waals surface area contributed by atoms with E-state index in [-0.39, 0.29) is 23.1 Å². The highest BCUT2D eigenvalue weighted by Crippen LogP contribution is 2.32. The van der Waals surface area contributed by atoms with Gasteiger partial charge in [-0.3, -0.25) is 4.79 Å². The number of nitrogens with zero attached hydrogens (tertiary/aromatic N) is 3. The second kappa shape index (κ2) is 10.7. The molecule has 1 amide bonds. The van der Waals surface area contributed by atoms with Crippen LogP contribution in [0.1, 0.15) is 27.0 Å². The molecular formula is C25H30N4O5S. The van der Waals surface area contributed by atoms with Crippen molar-refractivity contribution >= 4 is 33.8 Å². The van der Waals surface area contributed by atoms with E-state index in [1.54, 1.807) is 37.2 Å². The third kappa shape index (κ3) is 5.72. The second-order valence-electron chi connectivity index (χ2n) is 8.26. The van der Waals surface area contributed by atoms with Crippen LogP contribution in [0.25, 0.3) is 0 Å². The molecule has 1 heterocycles. The summed E-state index contributed by atoms with van der Waals surface area (Å²) in [4.78, 5) is 19.4. The summed E-state index contributed by atoms with van der Waals surface area (Å²) in [6.07, 6.45) is 2.78. The maximum absolute atomic E-state index is 13.4. The number of carbonyl (C=O) groups excluding carboxylic acids is 1. The zero-order chi connectivity index (χ0) is 25.8. The average molecular weight is 499 g/mol. The van der Waals surface area contributed by atoms with Gasteiger partial charge in [0.2, 0.25) is 0 Å². The van der Waals surface area contributed by atoms with Crippen LogP contribution in [0, 0.1) is 20.8 Å². The van der Waals surface area contributed by atoms with Gasteiger partial charge in [-0.05, 0) is 50.6 Å². The summed E-state index contributed by atoms with van der Waals surface area (Å²) >= 11 is 0. The van der Waals surface area contributed by atoms with Gasteiger partial charge in [-0.2, -0.15) is 0 Å². The van der Waals surface area contributed by atoms with Crippen molar-refractivity contribution in [2.75, 3.05) is 33.3 Å². The summed E-state index contributed by atoms with van der Waals surface area (Å²) in [6, 6.07) is 11.6. The Morgan fingerprint density at radius 3 is 2.40 bits per heavy atom. The first kappa shape index (κ1) is 26.0. The van der Waals surface area contributed by atoms with E-state index < -0.39 is 15.9 Å². The lowest BCUT2D eigenvalue weighted by atomic mass is 10.1. The smallest absolute Gasteiger partial charge is 0.269 e. The Balaban J connectivity index is 2.05. The van der Waals surface area contributed by atoms with Crippen LogP contribution >= 0.6 is 0 Å². The molecule has 0 aliphatic heterocycles. The quantitative estimate of drug-likeness (QED) is 0.271. The van der Waals surface area contributed by atoms with E-state index in [9.17, 15) is 13.2 Å². The molecule has 35 heavy (non-hydrogen) atoms. The van der Waals surface area contributed by atoms with Crippen molar-refractivity contribution in [1.29, 1.82) is 0 Å². The fraction of sp³-hybridized carbons (Fsp3) is 0.280. The number of nitrogens with one attached hydrogen (secondary N) is 1. The van der Waals surface area contributed by atoms with Crippen molar-refractivity contribution in [3.05, 3.63) is 70.9 Å². The number of aliphatic imine (C=N–C) groups is 1. The SMILES string of the molecule is COCOc1ccc(C)c(NC(=O)c2ccn(S(=O)(=O)c3ccc(C)cc3)c2/N=C/N(C)C)c1C. The lowest BCUT2D eigenvalue weighted by molar-refractivity contribution is 0.0507. The number of amides is 1. The van der Waals surface area contributed by atoms with Crippen LogP contribution in [0.5, 0.6) is 5.75 Å². The van der Waals surface area contributed by atoms with Crippen LogP contribution in [0.4, 0.5) is 11.5 Å². The van der Waals surface area contributed by atoms with Crippen molar-refractivity contribution in [2.45, 2.75) is 25.7 Å². The highest BCUT2D eigenvalue weighted by molar-refractivity contribution is 7.90. The van der Waals surface area contributed by atoms with Crippen LogP contribution in [-0.4, -0.2) is 57.5 Å². The third-order valence-electron chi connectivity index (χ3n) is 5.25. The number of carbonyl (C=O) groups is 1. The first-order chi connectivity index (χ1) is 16.6. The van der Waals surface area contributed by atoms with E-state index in [4.69, 9.17) is 9.47 Å². The van der Waals surface area contributed by atoms with E-state index in [2.05, 4.69) is 10.3 Å². The molecular weight excluding hydrogens is 468 g/mol. The van der Waals surface area contributed by atoms with E-state index in [0.29, 0.717) is 11.4 Å². The van der Waals surface area contributed by atoms with Gasteiger partial charge in [-0.1, -0.05) is 23.8 Å². The van der Waals surface area contributed by atoms with Gasteiger partial charge in [0.05, 0.1) is 22.5 Å². The van der Waals surface area contributed by atoms with Gasteiger partial charge in [-0.15, -0.1) is 0 Å². The Kier molecular flexibility index (Phi) is 7.98. The van der Waals surface area contributed by atoms with Crippen molar-refractivity contribution in [2.24, 2.45) is 4.99 Å². The van der Waals surface area contributed by atoms with Crippen molar-refractivity contribution in [3.8, 4) is 5.75 Å². The summed E-state index contributed by atoms with van der Waals surface area (Å²) in [5, 5.41) is 2.90. The predicted molar refractivity (Wildman–Crippen MR) is 136 cm³/mol. The Morgan fingerprint density at radius 1 is 1.09 bits per heavy atom. The van der Waals surface area contributed by atoms with Crippen LogP contribution in [0.2, 0.25) is 0 Å². The lowest BCUT2D eigenvalue weighted by Gasteiger charge is -2.16. The fourth-order valence-electron chi connectivity index (χ4n) is 3.38. The standard InChI is InChI=1S/C25H30N4O5S/c1-17-7-10-20(11-8-17)35(31,32)29-14-13-21(24(29)26-15-28(4)5)25(30)27-23-18(2)9-12-22(19(23)3)34-16-33-6/h7-15H,16H2,1-6H3,(H,27,30)/b26-15+. The molecule has 3 aromatic rings. The van der Waals surface area contributed by atoms with Gasteiger partial charge in [-0.25, -0.2) is 17.4 Å². The summed E-state index contributed by atoms with van der Waals surface area (Å²) < 4.78 is 38.3. The number of methoxy groups -OCH3 is 1. The summed E-state index contributed by atoms with van der Waals surface area (Å²) in [6.45, 7) is 5.63. The molecule has 0 saturated heterocycles. The molecule has 0 aliphatic rings. The van der Waals surface area contributed by atoms with Gasteiger partial charge in [0.1, 0.15) is 5.75 Å². The minimum Gasteiger partial charge on any atom is -0.467 e. The highest BCUT2D eigenvalue weighted by Gasteiger charge is 2.25. The van der Waals surface area contributed by atoms with Crippen LogP contribution in [0.3, 0.4) is 0 Å². The molecule has 0 fully saturated rings. The van der Waals surface area contributed by atoms with Gasteiger partial charge in [0, 0.05) is 33.0 Å². The molecule has 1 N–H and O–H groups in total. The predicted octanol–water partition coefficient (Wildman–Crippen LogP) is 4.11. The van der Waals surface area contributed by atoms with Crippen LogP contribution in [-0.2, 0) is 14.8 Å². The fourth-order valence-corrected chi connectivity index (χ4v) is 4.68. The highest BCUT2D eigenvalue weighted by atomic mass is 32.2. The van der Waals surface area contributed by atoms with Crippen molar-refractivity contribution < 1.29 is 22.7 Å². The van der Waals surface area contributed by atoms with E-state index >= 15 is 0 Å². The summed E-state index contributed by atoms with van der Waals surface area (Å²) in [5.41, 5.74) is 3.16. The molecule has 0 bridgehead atoms. The Morgan fingerprint density at radius 2 is 1.77 bits per heavy atom. The average Bonchev–Trinajstić information content (AvgIpc) is 3.25. The topological polar surface area (TPSA) is 102 Å². The van der Waals surface area contributed by atoms with Crippen molar-refractivity contribution in [1.82, 2.24) is 8.87 Å². The van der Waals surface area contributed by atoms with Crippen LogP contribution in [0.15, 0.2) is 58.5 Å². The summed E-state index contributed by atoms with van der Waals surface area (Å²) in [7, 11) is 1.05. The zero-order valence-electron chi connectivity index (χ0n) is 20.7. The number of aryl methyl sites for hydroxylation is 2. The third-order valence-corrected chi connectivity index (χ3v) is 6.93. The molecule has 0 saturated carbocycles. The Labute approximate surface area is 206 Å². The summed E-state index contributed by atoms with van der Waals surface area (Å²) in [5.74, 6) is 0.0702. The monoisotopic (exact) mass is 498 g/mol. The van der Waals surface area contributed by atoms with Gasteiger partial charge in [0.15, 0.2) is 12.6 Å². The minimum atomic E-state index is -3.98.